The number of fused-ring (bicyclic) bond motifs is 1. The van der Waals surface area contributed by atoms with Gasteiger partial charge in [-0.2, -0.15) is 0 Å². The number of pyridine rings is 1. The van der Waals surface area contributed by atoms with E-state index >= 15 is 0 Å². The Morgan fingerprint density at radius 3 is 2.50 bits per heavy atom. The van der Waals surface area contributed by atoms with Crippen molar-refractivity contribution in [2.24, 2.45) is 0 Å². The lowest BCUT2D eigenvalue weighted by Gasteiger charge is -2.06. The molecule has 0 N–H and O–H groups in total. The van der Waals surface area contributed by atoms with Crippen LogP contribution in [0.25, 0.3) is 11.2 Å². The highest BCUT2D eigenvalue weighted by atomic mass is 35.5. The number of nitrogens with zero attached hydrogens (tertiary/aromatic N) is 3. The Bertz CT molecular complexity index is 744. The van der Waals surface area contributed by atoms with E-state index in [0.29, 0.717) is 21.4 Å². The van der Waals surface area contributed by atoms with E-state index in [9.17, 15) is 0 Å². The van der Waals surface area contributed by atoms with Gasteiger partial charge in [0.2, 0.25) is 0 Å². The molecule has 0 saturated heterocycles. The number of halogens is 2. The molecule has 0 atom stereocenters. The lowest BCUT2D eigenvalue weighted by molar-refractivity contribution is 1.12. The summed E-state index contributed by atoms with van der Waals surface area (Å²) in [6, 6.07) is 9.34. The maximum Gasteiger partial charge on any atom is 0.179 e. The van der Waals surface area contributed by atoms with Crippen molar-refractivity contribution in [1.29, 1.82) is 0 Å². The molecule has 100 valence electrons. The monoisotopic (exact) mass is 321 g/mol. The fourth-order valence-electron chi connectivity index (χ4n) is 1.73. The molecule has 0 radical (unpaired) electrons. The quantitative estimate of drug-likeness (QED) is 0.659. The minimum atomic E-state index is 0.641. The molecule has 20 heavy (non-hydrogen) atoms. The molecule has 3 nitrogen and oxygen atoms in total. The average molecular weight is 322 g/mol. The summed E-state index contributed by atoms with van der Waals surface area (Å²) < 4.78 is 0. The lowest BCUT2D eigenvalue weighted by Crippen LogP contribution is -1.89. The highest BCUT2D eigenvalue weighted by Gasteiger charge is 2.07. The molecule has 0 amide bonds. The van der Waals surface area contributed by atoms with Gasteiger partial charge in [-0.25, -0.2) is 9.97 Å². The van der Waals surface area contributed by atoms with E-state index in [1.807, 2.05) is 30.3 Å². The van der Waals surface area contributed by atoms with E-state index in [4.69, 9.17) is 23.2 Å². The van der Waals surface area contributed by atoms with Gasteiger partial charge in [0.15, 0.2) is 5.65 Å². The first-order valence-electron chi connectivity index (χ1n) is 5.87. The normalized spacial score (nSPS) is 10.9. The molecule has 0 aliphatic carbocycles. The minimum absolute atomic E-state index is 0.641. The SMILES string of the molecule is Clc1cccc(Cl)c1CSc1ccc2nccnc2n1. The Labute approximate surface area is 130 Å². The van der Waals surface area contributed by atoms with Gasteiger partial charge in [-0.05, 0) is 29.8 Å². The van der Waals surface area contributed by atoms with Gasteiger partial charge < -0.3 is 0 Å². The molecule has 1 aromatic carbocycles. The third-order valence-corrected chi connectivity index (χ3v) is 4.40. The summed E-state index contributed by atoms with van der Waals surface area (Å²) in [6.07, 6.45) is 3.29. The van der Waals surface area contributed by atoms with Crippen molar-refractivity contribution in [2.75, 3.05) is 0 Å². The van der Waals surface area contributed by atoms with E-state index in [-0.39, 0.29) is 0 Å². The fraction of sp³-hybridized carbons (Fsp3) is 0.0714. The highest BCUT2D eigenvalue weighted by Crippen LogP contribution is 2.31. The first kappa shape index (κ1) is 13.6. The van der Waals surface area contributed by atoms with E-state index in [1.165, 1.54) is 0 Å². The molecule has 0 aliphatic heterocycles. The second-order valence-electron chi connectivity index (χ2n) is 4.04. The van der Waals surface area contributed by atoms with Gasteiger partial charge in [-0.1, -0.05) is 29.3 Å². The van der Waals surface area contributed by atoms with E-state index in [1.54, 1.807) is 24.2 Å². The molecule has 0 aliphatic rings. The third kappa shape index (κ3) is 2.87. The summed E-state index contributed by atoms with van der Waals surface area (Å²) in [5.41, 5.74) is 2.34. The van der Waals surface area contributed by atoms with Crippen LogP contribution in [0.5, 0.6) is 0 Å². The molecule has 2 heterocycles. The van der Waals surface area contributed by atoms with Gasteiger partial charge >= 0.3 is 0 Å². The zero-order chi connectivity index (χ0) is 13.9. The smallest absolute Gasteiger partial charge is 0.179 e. The van der Waals surface area contributed by atoms with Crippen molar-refractivity contribution >= 4 is 46.1 Å². The minimum Gasteiger partial charge on any atom is -0.251 e. The lowest BCUT2D eigenvalue weighted by atomic mass is 10.2. The third-order valence-electron chi connectivity index (χ3n) is 2.73. The Hall–Kier alpha value is -1.36. The molecule has 0 fully saturated rings. The molecule has 0 bridgehead atoms. The number of aromatic nitrogens is 3. The van der Waals surface area contributed by atoms with Crippen LogP contribution in [0.15, 0.2) is 47.8 Å². The Morgan fingerprint density at radius 2 is 1.70 bits per heavy atom. The highest BCUT2D eigenvalue weighted by molar-refractivity contribution is 7.98. The summed E-state index contributed by atoms with van der Waals surface area (Å²) in [5, 5.41) is 2.21. The molecular formula is C14H9Cl2N3S. The summed E-state index contributed by atoms with van der Waals surface area (Å²) in [4.78, 5) is 12.8. The summed E-state index contributed by atoms with van der Waals surface area (Å²) in [6.45, 7) is 0. The zero-order valence-electron chi connectivity index (χ0n) is 10.3. The number of hydrogen-bond acceptors (Lipinski definition) is 4. The van der Waals surface area contributed by atoms with Crippen LogP contribution in [-0.2, 0) is 5.75 Å². The summed E-state index contributed by atoms with van der Waals surface area (Å²) >= 11 is 13.9. The molecular weight excluding hydrogens is 313 g/mol. The predicted molar refractivity (Wildman–Crippen MR) is 83.4 cm³/mol. The van der Waals surface area contributed by atoms with Gasteiger partial charge in [0.05, 0.1) is 5.03 Å². The average Bonchev–Trinajstić information content (AvgIpc) is 2.46. The molecule has 0 unspecified atom stereocenters. The molecule has 0 spiro atoms. The molecule has 2 aromatic heterocycles. The van der Waals surface area contributed by atoms with Crippen molar-refractivity contribution in [3.05, 3.63) is 58.3 Å². The van der Waals surface area contributed by atoms with Gasteiger partial charge in [0.1, 0.15) is 5.52 Å². The van der Waals surface area contributed by atoms with E-state index in [0.717, 1.165) is 16.1 Å². The van der Waals surface area contributed by atoms with Gasteiger partial charge in [-0.3, -0.25) is 4.98 Å². The van der Waals surface area contributed by atoms with Crippen molar-refractivity contribution in [1.82, 2.24) is 15.0 Å². The number of hydrogen-bond donors (Lipinski definition) is 0. The van der Waals surface area contributed by atoms with Crippen LogP contribution < -0.4 is 0 Å². The van der Waals surface area contributed by atoms with Gasteiger partial charge in [0.25, 0.3) is 0 Å². The van der Waals surface area contributed by atoms with Crippen molar-refractivity contribution in [3.8, 4) is 0 Å². The molecule has 3 aromatic rings. The first-order valence-corrected chi connectivity index (χ1v) is 7.61. The van der Waals surface area contributed by atoms with Crippen LogP contribution in [0.2, 0.25) is 10.0 Å². The van der Waals surface area contributed by atoms with Crippen molar-refractivity contribution in [2.45, 2.75) is 10.8 Å². The van der Waals surface area contributed by atoms with Gasteiger partial charge in [0, 0.05) is 28.2 Å². The second-order valence-corrected chi connectivity index (χ2v) is 5.85. The summed E-state index contributed by atoms with van der Waals surface area (Å²) in [7, 11) is 0. The standard InChI is InChI=1S/C14H9Cl2N3S/c15-10-2-1-3-11(16)9(10)8-20-13-5-4-12-14(19-13)18-7-6-17-12/h1-7H,8H2. The topological polar surface area (TPSA) is 38.7 Å². The largest absolute Gasteiger partial charge is 0.251 e. The maximum atomic E-state index is 6.15. The van der Waals surface area contributed by atoms with Crippen LogP contribution in [-0.4, -0.2) is 15.0 Å². The van der Waals surface area contributed by atoms with Crippen LogP contribution in [0.3, 0.4) is 0 Å². The summed E-state index contributed by atoms with van der Waals surface area (Å²) in [5.74, 6) is 0.664. The van der Waals surface area contributed by atoms with Gasteiger partial charge in [-0.15, -0.1) is 11.8 Å². The Balaban J connectivity index is 1.83. The van der Waals surface area contributed by atoms with Crippen molar-refractivity contribution < 1.29 is 0 Å². The molecule has 0 saturated carbocycles. The fourth-order valence-corrected chi connectivity index (χ4v) is 3.34. The van der Waals surface area contributed by atoms with E-state index in [2.05, 4.69) is 15.0 Å². The van der Waals surface area contributed by atoms with Crippen molar-refractivity contribution in [3.63, 3.8) is 0 Å². The van der Waals surface area contributed by atoms with Crippen LogP contribution >= 0.6 is 35.0 Å². The van der Waals surface area contributed by atoms with Crippen LogP contribution in [0, 0.1) is 0 Å². The zero-order valence-corrected chi connectivity index (χ0v) is 12.6. The molecule has 6 heteroatoms. The first-order chi connectivity index (χ1) is 9.74. The second kappa shape index (κ2) is 5.95. The predicted octanol–water partition coefficient (Wildman–Crippen LogP) is 4.62. The Morgan fingerprint density at radius 1 is 0.950 bits per heavy atom. The van der Waals surface area contributed by atoms with E-state index < -0.39 is 0 Å². The number of thioether (sulfide) groups is 1. The Kier molecular flexibility index (Phi) is 4.05. The van der Waals surface area contributed by atoms with Crippen LogP contribution in [0.4, 0.5) is 0 Å². The number of rotatable bonds is 3. The molecule has 3 rings (SSSR count). The van der Waals surface area contributed by atoms with Crippen LogP contribution in [0.1, 0.15) is 5.56 Å². The number of benzene rings is 1. The maximum absolute atomic E-state index is 6.15.